The number of hydrogen-bond acceptors (Lipinski definition) is 0. The lowest BCUT2D eigenvalue weighted by Gasteiger charge is -2.20. The Kier molecular flexibility index (Phi) is 2.22. The maximum absolute atomic E-state index is 2.26. The van der Waals surface area contributed by atoms with Gasteiger partial charge in [0.05, 0.1) is 0 Å². The van der Waals surface area contributed by atoms with Gasteiger partial charge >= 0.3 is 0 Å². The molecule has 68 valence electrons. The third kappa shape index (κ3) is 1.41. The van der Waals surface area contributed by atoms with Crippen LogP contribution in [0.1, 0.15) is 37.8 Å². The van der Waals surface area contributed by atoms with Crippen molar-refractivity contribution in [2.45, 2.75) is 33.1 Å². The molecule has 0 heterocycles. The zero-order valence-corrected chi connectivity index (χ0v) is 8.43. The van der Waals surface area contributed by atoms with Gasteiger partial charge < -0.3 is 0 Å². The average Bonchev–Trinajstić information content (AvgIpc) is 2.19. The quantitative estimate of drug-likeness (QED) is 0.604. The van der Waals surface area contributed by atoms with Gasteiger partial charge in [-0.1, -0.05) is 36.8 Å². The first-order valence-electron chi connectivity index (χ1n) is 5.10. The van der Waals surface area contributed by atoms with E-state index in [1.54, 1.807) is 5.57 Å². The van der Waals surface area contributed by atoms with Crippen molar-refractivity contribution in [1.29, 1.82) is 0 Å². The van der Waals surface area contributed by atoms with Gasteiger partial charge in [-0.05, 0) is 42.9 Å². The van der Waals surface area contributed by atoms with Gasteiger partial charge in [-0.25, -0.2) is 0 Å². The van der Waals surface area contributed by atoms with Crippen LogP contribution in [0.5, 0.6) is 0 Å². The summed E-state index contributed by atoms with van der Waals surface area (Å²) in [6.45, 7) is 4.52. The normalized spacial score (nSPS) is 15.8. The Balaban J connectivity index is 2.52. The summed E-state index contributed by atoms with van der Waals surface area (Å²) in [5.74, 6) is 0. The number of benzene rings is 1. The molecule has 0 aliphatic heterocycles. The predicted octanol–water partition coefficient (Wildman–Crippen LogP) is 3.82. The first kappa shape index (κ1) is 8.55. The highest BCUT2D eigenvalue weighted by molar-refractivity contribution is 5.71. The first-order valence-corrected chi connectivity index (χ1v) is 5.10. The molecular formula is C13H16. The minimum absolute atomic E-state index is 1.21. The van der Waals surface area contributed by atoms with Crippen LogP contribution in [0, 0.1) is 0 Å². The largest absolute Gasteiger partial charge is 0.0666 e. The Morgan fingerprint density at radius 2 is 1.92 bits per heavy atom. The topological polar surface area (TPSA) is 0 Å². The molecule has 0 heteroatoms. The van der Waals surface area contributed by atoms with E-state index in [9.17, 15) is 0 Å². The lowest BCUT2D eigenvalue weighted by molar-refractivity contribution is 0.864. The Labute approximate surface area is 80.3 Å². The summed E-state index contributed by atoms with van der Waals surface area (Å²) in [5.41, 5.74) is 6.16. The van der Waals surface area contributed by atoms with Crippen LogP contribution in [0.25, 0.3) is 5.57 Å². The number of allylic oxidation sites excluding steroid dienone is 2. The summed E-state index contributed by atoms with van der Waals surface area (Å²) in [5, 5.41) is 0. The number of rotatable bonds is 1. The van der Waals surface area contributed by atoms with Crippen LogP contribution in [0.3, 0.4) is 0 Å². The SMILES string of the molecule is CCC1=C(C)c2ccccc2CC1. The van der Waals surface area contributed by atoms with E-state index in [-0.39, 0.29) is 0 Å². The van der Waals surface area contributed by atoms with E-state index in [2.05, 4.69) is 38.1 Å². The minimum atomic E-state index is 1.21. The molecule has 0 fully saturated rings. The molecule has 0 N–H and O–H groups in total. The monoisotopic (exact) mass is 172 g/mol. The fourth-order valence-corrected chi connectivity index (χ4v) is 2.21. The van der Waals surface area contributed by atoms with Crippen molar-refractivity contribution in [2.75, 3.05) is 0 Å². The third-order valence-corrected chi connectivity index (χ3v) is 3.07. The molecule has 1 aliphatic carbocycles. The van der Waals surface area contributed by atoms with Crippen molar-refractivity contribution < 1.29 is 0 Å². The molecule has 1 aliphatic rings. The summed E-state index contributed by atoms with van der Waals surface area (Å²) < 4.78 is 0. The fourth-order valence-electron chi connectivity index (χ4n) is 2.21. The summed E-state index contributed by atoms with van der Waals surface area (Å²) in [7, 11) is 0. The van der Waals surface area contributed by atoms with Gasteiger partial charge in [0.25, 0.3) is 0 Å². The number of aryl methyl sites for hydroxylation is 1. The van der Waals surface area contributed by atoms with E-state index in [1.807, 2.05) is 0 Å². The van der Waals surface area contributed by atoms with Crippen molar-refractivity contribution >= 4 is 5.57 Å². The zero-order chi connectivity index (χ0) is 9.26. The standard InChI is InChI=1S/C13H16/c1-3-11-8-9-12-6-4-5-7-13(12)10(11)2/h4-7H,3,8-9H2,1-2H3. The van der Waals surface area contributed by atoms with Crippen molar-refractivity contribution in [3.63, 3.8) is 0 Å². The molecule has 0 spiro atoms. The molecule has 13 heavy (non-hydrogen) atoms. The van der Waals surface area contributed by atoms with Crippen LogP contribution >= 0.6 is 0 Å². The zero-order valence-electron chi connectivity index (χ0n) is 8.43. The highest BCUT2D eigenvalue weighted by atomic mass is 14.2. The Morgan fingerprint density at radius 3 is 2.69 bits per heavy atom. The predicted molar refractivity (Wildman–Crippen MR) is 57.6 cm³/mol. The number of hydrogen-bond donors (Lipinski definition) is 0. The van der Waals surface area contributed by atoms with Crippen molar-refractivity contribution in [1.82, 2.24) is 0 Å². The highest BCUT2D eigenvalue weighted by Crippen LogP contribution is 2.31. The van der Waals surface area contributed by atoms with Crippen molar-refractivity contribution in [3.05, 3.63) is 41.0 Å². The van der Waals surface area contributed by atoms with Crippen LogP contribution in [-0.4, -0.2) is 0 Å². The molecule has 0 bridgehead atoms. The molecule has 0 saturated heterocycles. The Bertz CT molecular complexity index is 345. The van der Waals surface area contributed by atoms with Gasteiger partial charge in [-0.15, -0.1) is 0 Å². The van der Waals surface area contributed by atoms with Crippen LogP contribution in [-0.2, 0) is 6.42 Å². The average molecular weight is 172 g/mol. The molecule has 0 amide bonds. The maximum atomic E-state index is 2.26. The van der Waals surface area contributed by atoms with Gasteiger partial charge in [-0.2, -0.15) is 0 Å². The van der Waals surface area contributed by atoms with Gasteiger partial charge in [0.15, 0.2) is 0 Å². The van der Waals surface area contributed by atoms with Gasteiger partial charge in [0, 0.05) is 0 Å². The molecule has 0 unspecified atom stereocenters. The fraction of sp³-hybridized carbons (Fsp3) is 0.385. The second-order valence-electron chi connectivity index (χ2n) is 3.74. The van der Waals surface area contributed by atoms with Crippen LogP contribution in [0.15, 0.2) is 29.8 Å². The van der Waals surface area contributed by atoms with E-state index in [1.165, 1.54) is 36.0 Å². The van der Waals surface area contributed by atoms with Gasteiger partial charge in [0.1, 0.15) is 0 Å². The van der Waals surface area contributed by atoms with E-state index >= 15 is 0 Å². The third-order valence-electron chi connectivity index (χ3n) is 3.07. The van der Waals surface area contributed by atoms with E-state index < -0.39 is 0 Å². The summed E-state index contributed by atoms with van der Waals surface area (Å²) in [6, 6.07) is 8.79. The number of fused-ring (bicyclic) bond motifs is 1. The molecular weight excluding hydrogens is 156 g/mol. The molecule has 0 saturated carbocycles. The molecule has 0 aromatic heterocycles. The van der Waals surface area contributed by atoms with E-state index in [4.69, 9.17) is 0 Å². The molecule has 1 aromatic rings. The smallest absolute Gasteiger partial charge is 0.0196 e. The summed E-state index contributed by atoms with van der Waals surface area (Å²) in [4.78, 5) is 0. The highest BCUT2D eigenvalue weighted by Gasteiger charge is 2.13. The summed E-state index contributed by atoms with van der Waals surface area (Å²) >= 11 is 0. The Morgan fingerprint density at radius 1 is 1.15 bits per heavy atom. The Hall–Kier alpha value is -1.04. The second kappa shape index (κ2) is 3.37. The van der Waals surface area contributed by atoms with Crippen LogP contribution in [0.4, 0.5) is 0 Å². The maximum Gasteiger partial charge on any atom is -0.0196 e. The van der Waals surface area contributed by atoms with Gasteiger partial charge in [0.2, 0.25) is 0 Å². The molecule has 1 aromatic carbocycles. The molecule has 0 radical (unpaired) electrons. The van der Waals surface area contributed by atoms with Crippen molar-refractivity contribution in [3.8, 4) is 0 Å². The van der Waals surface area contributed by atoms with Gasteiger partial charge in [-0.3, -0.25) is 0 Å². The molecule has 2 rings (SSSR count). The first-order chi connectivity index (χ1) is 6.33. The summed E-state index contributed by atoms with van der Waals surface area (Å²) in [6.07, 6.45) is 3.70. The minimum Gasteiger partial charge on any atom is -0.0666 e. The molecule has 0 nitrogen and oxygen atoms in total. The molecule has 0 atom stereocenters. The van der Waals surface area contributed by atoms with Crippen molar-refractivity contribution in [2.24, 2.45) is 0 Å². The van der Waals surface area contributed by atoms with Crippen LogP contribution in [0.2, 0.25) is 0 Å². The van der Waals surface area contributed by atoms with E-state index in [0.29, 0.717) is 0 Å². The van der Waals surface area contributed by atoms with E-state index in [0.717, 1.165) is 0 Å². The lowest BCUT2D eigenvalue weighted by Crippen LogP contribution is -2.02. The lowest BCUT2D eigenvalue weighted by atomic mass is 9.85. The second-order valence-corrected chi connectivity index (χ2v) is 3.74. The van der Waals surface area contributed by atoms with Crippen LogP contribution < -0.4 is 0 Å².